The van der Waals surface area contributed by atoms with Crippen LogP contribution >= 0.6 is 23.5 Å². The van der Waals surface area contributed by atoms with Crippen LogP contribution < -0.4 is 0 Å². The van der Waals surface area contributed by atoms with Crippen molar-refractivity contribution >= 4 is 23.5 Å². The van der Waals surface area contributed by atoms with Gasteiger partial charge in [-0.1, -0.05) is 13.8 Å². The Morgan fingerprint density at radius 3 is 1.88 bits per heavy atom. The Morgan fingerprint density at radius 2 is 1.62 bits per heavy atom. The Hall–Kier alpha value is 0.660. The van der Waals surface area contributed by atoms with Crippen molar-refractivity contribution in [2.24, 2.45) is 0 Å². The van der Waals surface area contributed by atoms with Crippen LogP contribution in [0, 0.1) is 0 Å². The van der Waals surface area contributed by atoms with Gasteiger partial charge in [0, 0.05) is 0 Å². The molecule has 0 spiro atoms. The largest absolute Gasteiger partial charge is 0.373 e. The minimum absolute atomic E-state index is 0.204. The maximum absolute atomic E-state index is 8.98. The number of thioether (sulfide) groups is 2. The van der Waals surface area contributed by atoms with Gasteiger partial charge in [0.1, 0.15) is 4.77 Å². The first kappa shape index (κ1) is 8.66. The fourth-order valence-electron chi connectivity index (χ4n) is 0.333. The maximum atomic E-state index is 8.98. The molecule has 0 bridgehead atoms. The van der Waals surface area contributed by atoms with Gasteiger partial charge in [-0.15, -0.1) is 23.5 Å². The molecule has 0 fully saturated rings. The average molecular weight is 152 g/mol. The van der Waals surface area contributed by atoms with Gasteiger partial charge in [-0.2, -0.15) is 0 Å². The van der Waals surface area contributed by atoms with E-state index < -0.39 is 0 Å². The smallest absolute Gasteiger partial charge is 0.146 e. The van der Waals surface area contributed by atoms with Gasteiger partial charge in [-0.25, -0.2) is 0 Å². The molecule has 0 saturated heterocycles. The number of aliphatic hydroxyl groups is 1. The van der Waals surface area contributed by atoms with Crippen molar-refractivity contribution in [2.75, 3.05) is 11.5 Å². The van der Waals surface area contributed by atoms with Crippen molar-refractivity contribution in [3.63, 3.8) is 0 Å². The van der Waals surface area contributed by atoms with E-state index in [1.165, 1.54) is 0 Å². The van der Waals surface area contributed by atoms with Crippen molar-refractivity contribution in [2.45, 2.75) is 18.6 Å². The summed E-state index contributed by atoms with van der Waals surface area (Å²) in [5.74, 6) is 1.99. The van der Waals surface area contributed by atoms with Gasteiger partial charge in [0.2, 0.25) is 0 Å². The zero-order chi connectivity index (χ0) is 6.41. The maximum Gasteiger partial charge on any atom is 0.146 e. The predicted octanol–water partition coefficient (Wildman–Crippen LogP) is 1.77. The number of hydrogen-bond acceptors (Lipinski definition) is 3. The first-order valence-electron chi connectivity index (χ1n) is 2.72. The highest BCUT2D eigenvalue weighted by Gasteiger charge is 1.98. The summed E-state index contributed by atoms with van der Waals surface area (Å²) < 4.78 is -0.204. The highest BCUT2D eigenvalue weighted by molar-refractivity contribution is 8.16. The second-order valence-electron chi connectivity index (χ2n) is 1.22. The SMILES string of the molecule is CCSC(O)SCC. The van der Waals surface area contributed by atoms with E-state index in [2.05, 4.69) is 0 Å². The lowest BCUT2D eigenvalue weighted by Gasteiger charge is -2.04. The summed E-state index contributed by atoms with van der Waals surface area (Å²) in [6.45, 7) is 4.09. The number of hydrogen-bond donors (Lipinski definition) is 1. The topological polar surface area (TPSA) is 20.2 Å². The summed E-state index contributed by atoms with van der Waals surface area (Å²) in [6, 6.07) is 0. The second-order valence-corrected chi connectivity index (χ2v) is 4.23. The van der Waals surface area contributed by atoms with Crippen LogP contribution in [0.5, 0.6) is 0 Å². The molecule has 0 radical (unpaired) electrons. The molecule has 1 nitrogen and oxygen atoms in total. The summed E-state index contributed by atoms with van der Waals surface area (Å²) in [6.07, 6.45) is 0. The molecule has 0 aromatic heterocycles. The third-order valence-corrected chi connectivity index (χ3v) is 2.67. The Labute approximate surface area is 59.2 Å². The summed E-state index contributed by atoms with van der Waals surface area (Å²) in [7, 11) is 0. The van der Waals surface area contributed by atoms with E-state index in [9.17, 15) is 0 Å². The minimum atomic E-state index is -0.204. The van der Waals surface area contributed by atoms with Gasteiger partial charge in [-0.05, 0) is 11.5 Å². The molecule has 0 aliphatic carbocycles. The first-order valence-corrected chi connectivity index (χ1v) is 4.82. The van der Waals surface area contributed by atoms with Gasteiger partial charge < -0.3 is 5.11 Å². The Morgan fingerprint density at radius 1 is 1.25 bits per heavy atom. The molecule has 50 valence electrons. The van der Waals surface area contributed by atoms with Crippen LogP contribution in [0.3, 0.4) is 0 Å². The normalized spacial score (nSPS) is 10.5. The van der Waals surface area contributed by atoms with E-state index in [1.807, 2.05) is 13.8 Å². The van der Waals surface area contributed by atoms with Gasteiger partial charge in [0.15, 0.2) is 0 Å². The standard InChI is InChI=1S/C5H12OS2/c1-3-7-5(6)8-4-2/h5-6H,3-4H2,1-2H3. The van der Waals surface area contributed by atoms with E-state index in [0.29, 0.717) is 0 Å². The lowest BCUT2D eigenvalue weighted by molar-refractivity contribution is 0.345. The zero-order valence-corrected chi connectivity index (χ0v) is 6.89. The zero-order valence-electron chi connectivity index (χ0n) is 5.26. The Kier molecular flexibility index (Phi) is 6.27. The average Bonchev–Trinajstić information content (AvgIpc) is 1.68. The molecule has 0 aliphatic rings. The lowest BCUT2D eigenvalue weighted by atomic mass is 11.0. The van der Waals surface area contributed by atoms with Gasteiger partial charge in [0.25, 0.3) is 0 Å². The van der Waals surface area contributed by atoms with Gasteiger partial charge in [-0.3, -0.25) is 0 Å². The molecular formula is C5H12OS2. The van der Waals surface area contributed by atoms with Crippen LogP contribution in [0.2, 0.25) is 0 Å². The molecule has 0 aliphatic heterocycles. The van der Waals surface area contributed by atoms with Gasteiger partial charge >= 0.3 is 0 Å². The molecule has 0 heterocycles. The van der Waals surface area contributed by atoms with Crippen molar-refractivity contribution < 1.29 is 5.11 Å². The van der Waals surface area contributed by atoms with E-state index in [1.54, 1.807) is 23.5 Å². The summed E-state index contributed by atoms with van der Waals surface area (Å²) in [5, 5.41) is 8.98. The van der Waals surface area contributed by atoms with E-state index >= 15 is 0 Å². The van der Waals surface area contributed by atoms with E-state index in [4.69, 9.17) is 5.11 Å². The van der Waals surface area contributed by atoms with Crippen molar-refractivity contribution in [3.8, 4) is 0 Å². The Balaban J connectivity index is 2.92. The molecule has 0 aromatic carbocycles. The molecule has 0 rings (SSSR count). The monoisotopic (exact) mass is 152 g/mol. The molecule has 0 unspecified atom stereocenters. The minimum Gasteiger partial charge on any atom is -0.373 e. The fraction of sp³-hybridized carbons (Fsp3) is 1.00. The quantitative estimate of drug-likeness (QED) is 0.620. The van der Waals surface area contributed by atoms with E-state index in [-0.39, 0.29) is 4.77 Å². The molecule has 8 heavy (non-hydrogen) atoms. The molecule has 1 N–H and O–H groups in total. The van der Waals surface area contributed by atoms with Crippen LogP contribution in [-0.4, -0.2) is 21.4 Å². The summed E-state index contributed by atoms with van der Waals surface area (Å²) >= 11 is 3.15. The Bertz CT molecular complexity index is 43.7. The third-order valence-electron chi connectivity index (χ3n) is 0.618. The van der Waals surface area contributed by atoms with Crippen molar-refractivity contribution in [1.82, 2.24) is 0 Å². The fourth-order valence-corrected chi connectivity index (χ4v) is 2.10. The molecule has 0 aromatic rings. The third kappa shape index (κ3) is 4.81. The number of aliphatic hydroxyl groups excluding tert-OH is 1. The van der Waals surface area contributed by atoms with E-state index in [0.717, 1.165) is 11.5 Å². The first-order chi connectivity index (χ1) is 3.81. The lowest BCUT2D eigenvalue weighted by Crippen LogP contribution is -1.93. The molecule has 0 saturated carbocycles. The van der Waals surface area contributed by atoms with Crippen LogP contribution in [0.1, 0.15) is 13.8 Å². The van der Waals surface area contributed by atoms with Gasteiger partial charge in [0.05, 0.1) is 0 Å². The number of rotatable bonds is 4. The highest BCUT2D eigenvalue weighted by Crippen LogP contribution is 2.19. The van der Waals surface area contributed by atoms with Crippen LogP contribution in [0.15, 0.2) is 0 Å². The van der Waals surface area contributed by atoms with Crippen molar-refractivity contribution in [3.05, 3.63) is 0 Å². The molecule has 0 atom stereocenters. The van der Waals surface area contributed by atoms with Crippen LogP contribution in [0.4, 0.5) is 0 Å². The van der Waals surface area contributed by atoms with Crippen molar-refractivity contribution in [1.29, 1.82) is 0 Å². The predicted molar refractivity (Wildman–Crippen MR) is 42.3 cm³/mol. The summed E-state index contributed by atoms with van der Waals surface area (Å²) in [4.78, 5) is 0. The molecular weight excluding hydrogens is 140 g/mol. The van der Waals surface area contributed by atoms with Crippen LogP contribution in [0.25, 0.3) is 0 Å². The molecule has 0 amide bonds. The van der Waals surface area contributed by atoms with Crippen LogP contribution in [-0.2, 0) is 0 Å². The second kappa shape index (κ2) is 5.79. The highest BCUT2D eigenvalue weighted by atomic mass is 32.2. The summed E-state index contributed by atoms with van der Waals surface area (Å²) in [5.41, 5.74) is 0. The molecule has 3 heteroatoms.